The van der Waals surface area contributed by atoms with Crippen molar-refractivity contribution < 1.29 is 4.74 Å². The number of halogens is 5. The highest BCUT2D eigenvalue weighted by Crippen LogP contribution is 2.39. The zero-order valence-corrected chi connectivity index (χ0v) is 12.5. The minimum absolute atomic E-state index is 0.246. The van der Waals surface area contributed by atoms with Crippen LogP contribution in [0.3, 0.4) is 0 Å². The first-order valence-electron chi connectivity index (χ1n) is 4.75. The molecule has 0 aliphatic heterocycles. The maximum absolute atomic E-state index is 6.02. The number of benzene rings is 2. The van der Waals surface area contributed by atoms with Crippen molar-refractivity contribution in [2.24, 2.45) is 0 Å². The van der Waals surface area contributed by atoms with Gasteiger partial charge in [-0.25, -0.2) is 0 Å². The molecule has 0 aromatic heterocycles. The van der Waals surface area contributed by atoms with E-state index in [0.29, 0.717) is 26.6 Å². The van der Waals surface area contributed by atoms with E-state index in [-0.39, 0.29) is 10.0 Å². The van der Waals surface area contributed by atoms with Crippen LogP contribution in [0.5, 0.6) is 11.5 Å². The molecule has 0 saturated heterocycles. The Morgan fingerprint density at radius 2 is 1.33 bits per heavy atom. The van der Waals surface area contributed by atoms with E-state index in [1.165, 1.54) is 0 Å². The molecule has 0 saturated carbocycles. The van der Waals surface area contributed by atoms with E-state index in [1.54, 1.807) is 30.3 Å². The molecule has 6 heteroatoms. The zero-order valence-electron chi connectivity index (χ0n) is 8.68. The first kappa shape index (κ1) is 14.1. The van der Waals surface area contributed by atoms with Crippen molar-refractivity contribution in [1.82, 2.24) is 0 Å². The van der Waals surface area contributed by atoms with E-state index in [0.717, 1.165) is 0 Å². The minimum Gasteiger partial charge on any atom is -0.456 e. The van der Waals surface area contributed by atoms with Crippen LogP contribution in [0, 0.1) is 0 Å². The molecule has 18 heavy (non-hydrogen) atoms. The highest BCUT2D eigenvalue weighted by atomic mass is 35.5. The third-order valence-corrected chi connectivity index (χ3v) is 4.13. The molecule has 1 nitrogen and oxygen atoms in total. The summed E-state index contributed by atoms with van der Waals surface area (Å²) in [5, 5.41) is 1.70. The molecular weight excluding hydrogens is 337 g/mol. The summed E-state index contributed by atoms with van der Waals surface area (Å²) in [6, 6.07) is 8.11. The largest absolute Gasteiger partial charge is 0.456 e. The lowest BCUT2D eigenvalue weighted by molar-refractivity contribution is 0.483. The summed E-state index contributed by atoms with van der Waals surface area (Å²) in [6.45, 7) is 0. The van der Waals surface area contributed by atoms with Crippen molar-refractivity contribution in [3.8, 4) is 11.5 Å². The Morgan fingerprint density at radius 1 is 0.667 bits per heavy atom. The summed E-state index contributed by atoms with van der Waals surface area (Å²) < 4.78 is 5.56. The molecule has 2 aromatic carbocycles. The van der Waals surface area contributed by atoms with Crippen molar-refractivity contribution in [3.63, 3.8) is 0 Å². The number of hydrogen-bond acceptors (Lipinski definition) is 1. The van der Waals surface area contributed by atoms with E-state index in [2.05, 4.69) is 0 Å². The molecule has 0 bridgehead atoms. The van der Waals surface area contributed by atoms with Crippen LogP contribution in [0.1, 0.15) is 0 Å². The maximum atomic E-state index is 6.02. The third-order valence-electron chi connectivity index (χ3n) is 2.12. The van der Waals surface area contributed by atoms with E-state index < -0.39 is 0 Å². The van der Waals surface area contributed by atoms with Gasteiger partial charge in [0.25, 0.3) is 0 Å². The fourth-order valence-electron chi connectivity index (χ4n) is 1.25. The normalized spacial score (nSPS) is 10.5. The van der Waals surface area contributed by atoms with E-state index in [4.69, 9.17) is 62.7 Å². The van der Waals surface area contributed by atoms with Crippen LogP contribution in [-0.4, -0.2) is 0 Å². The van der Waals surface area contributed by atoms with Gasteiger partial charge in [0.15, 0.2) is 0 Å². The third kappa shape index (κ3) is 2.98. The summed E-state index contributed by atoms with van der Waals surface area (Å²) in [4.78, 5) is 0. The van der Waals surface area contributed by atoms with Crippen LogP contribution in [0.25, 0.3) is 0 Å². The lowest BCUT2D eigenvalue weighted by Crippen LogP contribution is -1.86. The molecule has 0 radical (unpaired) electrons. The predicted octanol–water partition coefficient (Wildman–Crippen LogP) is 6.75. The highest BCUT2D eigenvalue weighted by Gasteiger charge is 2.11. The number of rotatable bonds is 2. The lowest BCUT2D eigenvalue weighted by Gasteiger charge is -2.10. The van der Waals surface area contributed by atoms with Gasteiger partial charge >= 0.3 is 0 Å². The quantitative estimate of drug-likeness (QED) is 0.549. The second kappa shape index (κ2) is 5.77. The Balaban J connectivity index is 2.34. The Kier molecular flexibility index (Phi) is 4.52. The molecule has 0 amide bonds. The zero-order chi connectivity index (χ0) is 13.3. The van der Waals surface area contributed by atoms with Crippen molar-refractivity contribution in [2.45, 2.75) is 0 Å². The van der Waals surface area contributed by atoms with Gasteiger partial charge in [0.1, 0.15) is 16.5 Å². The Bertz CT molecular complexity index is 597. The topological polar surface area (TPSA) is 9.23 Å². The van der Waals surface area contributed by atoms with Crippen molar-refractivity contribution in [2.75, 3.05) is 0 Å². The standard InChI is InChI=1S/C12H5Cl5O/c13-7-2-1-6(5-9(7)15)18-10-4-3-8(14)11(16)12(10)17/h1-5H. The van der Waals surface area contributed by atoms with Crippen LogP contribution >= 0.6 is 58.0 Å². The summed E-state index contributed by atoms with van der Waals surface area (Å²) in [5.74, 6) is 0.897. The van der Waals surface area contributed by atoms with Gasteiger partial charge in [-0.1, -0.05) is 58.0 Å². The fraction of sp³-hybridized carbons (Fsp3) is 0. The SMILES string of the molecule is Clc1ccc(Oc2ccc(Cl)c(Cl)c2Cl)cc1Cl. The van der Waals surface area contributed by atoms with Crippen molar-refractivity contribution in [3.05, 3.63) is 55.4 Å². The smallest absolute Gasteiger partial charge is 0.147 e. The van der Waals surface area contributed by atoms with Gasteiger partial charge in [-0.2, -0.15) is 0 Å². The Labute approximate surface area is 129 Å². The molecule has 2 aromatic rings. The average molecular weight is 342 g/mol. The van der Waals surface area contributed by atoms with Gasteiger partial charge in [0.05, 0.1) is 20.1 Å². The number of hydrogen-bond donors (Lipinski definition) is 0. The van der Waals surface area contributed by atoms with Gasteiger partial charge in [-0.15, -0.1) is 0 Å². The van der Waals surface area contributed by atoms with Gasteiger partial charge < -0.3 is 4.74 Å². The van der Waals surface area contributed by atoms with Crippen LogP contribution in [0.15, 0.2) is 30.3 Å². The first-order valence-corrected chi connectivity index (χ1v) is 6.64. The summed E-state index contributed by atoms with van der Waals surface area (Å²) in [5.41, 5.74) is 0. The molecule has 0 fully saturated rings. The predicted molar refractivity (Wildman–Crippen MR) is 78.0 cm³/mol. The minimum atomic E-state index is 0.246. The molecule has 0 aliphatic carbocycles. The molecule has 0 N–H and O–H groups in total. The van der Waals surface area contributed by atoms with Crippen LogP contribution < -0.4 is 4.74 Å². The van der Waals surface area contributed by atoms with Crippen LogP contribution in [0.2, 0.25) is 25.1 Å². The molecule has 2 rings (SSSR count). The molecule has 94 valence electrons. The van der Waals surface area contributed by atoms with Gasteiger partial charge in [-0.3, -0.25) is 0 Å². The molecule has 0 spiro atoms. The Morgan fingerprint density at radius 3 is 2.00 bits per heavy atom. The molecule has 0 atom stereocenters. The molecule has 0 unspecified atom stereocenters. The second-order valence-electron chi connectivity index (χ2n) is 3.35. The van der Waals surface area contributed by atoms with E-state index in [1.807, 2.05) is 0 Å². The van der Waals surface area contributed by atoms with Crippen LogP contribution in [0.4, 0.5) is 0 Å². The van der Waals surface area contributed by atoms with E-state index >= 15 is 0 Å². The number of ether oxygens (including phenoxy) is 1. The monoisotopic (exact) mass is 340 g/mol. The summed E-state index contributed by atoms with van der Waals surface area (Å²) in [6.07, 6.45) is 0. The van der Waals surface area contributed by atoms with Gasteiger partial charge in [-0.05, 0) is 24.3 Å². The summed E-state index contributed by atoms with van der Waals surface area (Å²) >= 11 is 29.5. The Hall–Kier alpha value is -0.310. The van der Waals surface area contributed by atoms with Crippen molar-refractivity contribution >= 4 is 58.0 Å². The second-order valence-corrected chi connectivity index (χ2v) is 5.33. The highest BCUT2D eigenvalue weighted by molar-refractivity contribution is 6.48. The average Bonchev–Trinajstić information content (AvgIpc) is 2.34. The maximum Gasteiger partial charge on any atom is 0.147 e. The first-order chi connectivity index (χ1) is 8.49. The van der Waals surface area contributed by atoms with Gasteiger partial charge in [0.2, 0.25) is 0 Å². The molecule has 0 aliphatic rings. The van der Waals surface area contributed by atoms with Gasteiger partial charge in [0, 0.05) is 6.07 Å². The lowest BCUT2D eigenvalue weighted by atomic mass is 10.3. The fourth-order valence-corrected chi connectivity index (χ4v) is 2.11. The molecular formula is C12H5Cl5O. The molecule has 0 heterocycles. The van der Waals surface area contributed by atoms with Crippen molar-refractivity contribution in [1.29, 1.82) is 0 Å². The summed E-state index contributed by atoms with van der Waals surface area (Å²) in [7, 11) is 0. The van der Waals surface area contributed by atoms with Crippen LogP contribution in [-0.2, 0) is 0 Å². The van der Waals surface area contributed by atoms with E-state index in [9.17, 15) is 0 Å².